The molecule has 0 unspecified atom stereocenters. The van der Waals surface area contributed by atoms with E-state index in [0.717, 1.165) is 21.9 Å². The van der Waals surface area contributed by atoms with E-state index in [1.54, 1.807) is 16.9 Å². The van der Waals surface area contributed by atoms with Crippen molar-refractivity contribution in [1.82, 2.24) is 14.3 Å². The third kappa shape index (κ3) is 3.25. The molecule has 2 rings (SSSR count). The average Bonchev–Trinajstić information content (AvgIpc) is 2.36. The number of nitrogens with one attached hydrogen (secondary N) is 2. The number of sulfonamides is 1. The van der Waals surface area contributed by atoms with E-state index in [4.69, 9.17) is 0 Å². The van der Waals surface area contributed by atoms with E-state index >= 15 is 0 Å². The first-order valence-corrected chi connectivity index (χ1v) is 8.22. The fraction of sp³-hybridized carbons (Fsp3) is 0.308. The minimum Gasteiger partial charge on any atom is -0.316 e. The number of amides is 1. The highest BCUT2D eigenvalue weighted by Gasteiger charge is 2.14. The molecule has 1 aromatic heterocycles. The van der Waals surface area contributed by atoms with Crippen molar-refractivity contribution in [2.45, 2.75) is 20.4 Å². The fourth-order valence-corrected chi connectivity index (χ4v) is 2.55. The molecule has 118 valence electrons. The molecule has 0 bridgehead atoms. The first-order valence-electron chi connectivity index (χ1n) is 6.33. The minimum atomic E-state index is -3.74. The van der Waals surface area contributed by atoms with Gasteiger partial charge in [0.1, 0.15) is 6.54 Å². The molecule has 2 N–H and O–H groups in total. The quantitative estimate of drug-likeness (QED) is 0.729. The molecule has 2 aromatic rings. The van der Waals surface area contributed by atoms with Crippen LogP contribution in [0, 0.1) is 13.8 Å². The highest BCUT2D eigenvalue weighted by Crippen LogP contribution is 2.15. The van der Waals surface area contributed by atoms with Crippen LogP contribution in [0.4, 0.5) is 0 Å². The van der Waals surface area contributed by atoms with E-state index in [9.17, 15) is 22.8 Å². The number of carbonyl (C=O) groups excluding carboxylic acids is 1. The lowest BCUT2D eigenvalue weighted by Gasteiger charge is -2.11. The number of nitrogens with zero attached hydrogens (tertiary/aromatic N) is 1. The molecule has 0 aliphatic heterocycles. The smallest absolute Gasteiger partial charge is 0.316 e. The van der Waals surface area contributed by atoms with Crippen LogP contribution in [0.25, 0.3) is 11.0 Å². The summed E-state index contributed by atoms with van der Waals surface area (Å²) in [7, 11) is -3.74. The second kappa shape index (κ2) is 5.41. The molecule has 8 nitrogen and oxygen atoms in total. The van der Waals surface area contributed by atoms with Crippen molar-refractivity contribution in [3.63, 3.8) is 0 Å². The molecule has 0 fully saturated rings. The van der Waals surface area contributed by atoms with Crippen LogP contribution in [-0.4, -0.2) is 30.1 Å². The average molecular weight is 325 g/mol. The summed E-state index contributed by atoms with van der Waals surface area (Å²) in [6.45, 7) is 3.11. The number of H-pyrrole nitrogens is 1. The van der Waals surface area contributed by atoms with Crippen LogP contribution in [0.2, 0.25) is 0 Å². The Kier molecular flexibility index (Phi) is 3.92. The van der Waals surface area contributed by atoms with Crippen LogP contribution in [0.5, 0.6) is 0 Å². The van der Waals surface area contributed by atoms with E-state index in [1.807, 2.05) is 13.8 Å². The summed E-state index contributed by atoms with van der Waals surface area (Å²) in [5.74, 6) is -0.894. The maximum absolute atomic E-state index is 12.0. The number of aromatic amines is 1. The fourth-order valence-electron chi connectivity index (χ4n) is 2.07. The van der Waals surface area contributed by atoms with Gasteiger partial charge >= 0.3 is 11.1 Å². The number of aryl methyl sites for hydroxylation is 2. The number of hydrogen-bond acceptors (Lipinski definition) is 5. The molecule has 1 amide bonds. The van der Waals surface area contributed by atoms with Crippen LogP contribution >= 0.6 is 0 Å². The van der Waals surface area contributed by atoms with Gasteiger partial charge in [-0.3, -0.25) is 23.7 Å². The van der Waals surface area contributed by atoms with Crippen molar-refractivity contribution in [3.05, 3.63) is 44.0 Å². The number of rotatable bonds is 3. The Labute approximate surface area is 125 Å². The van der Waals surface area contributed by atoms with E-state index in [-0.39, 0.29) is 0 Å². The molecule has 0 aliphatic rings. The zero-order valence-electron chi connectivity index (χ0n) is 12.3. The van der Waals surface area contributed by atoms with Gasteiger partial charge in [0.2, 0.25) is 10.0 Å². The third-order valence-electron chi connectivity index (χ3n) is 3.19. The van der Waals surface area contributed by atoms with Crippen molar-refractivity contribution in [3.8, 4) is 0 Å². The number of benzene rings is 1. The van der Waals surface area contributed by atoms with Gasteiger partial charge in [-0.05, 0) is 37.1 Å². The topological polar surface area (TPSA) is 118 Å². The summed E-state index contributed by atoms with van der Waals surface area (Å²) < 4.78 is 24.8. The molecule has 0 aliphatic carbocycles. The molecule has 22 heavy (non-hydrogen) atoms. The molecule has 1 heterocycles. The summed E-state index contributed by atoms with van der Waals surface area (Å²) >= 11 is 0. The predicted octanol–water partition coefficient (Wildman–Crippen LogP) is -0.618. The first-order chi connectivity index (χ1) is 10.1. The SMILES string of the molecule is Cc1cc2[nH]c(=O)c(=O)n(CC(=O)NS(C)(=O)=O)c2cc1C. The van der Waals surface area contributed by atoms with Gasteiger partial charge in [0.25, 0.3) is 5.91 Å². The summed E-state index contributed by atoms with van der Waals surface area (Å²) in [6, 6.07) is 3.35. The number of aromatic nitrogens is 2. The van der Waals surface area contributed by atoms with Gasteiger partial charge in [0.05, 0.1) is 17.3 Å². The van der Waals surface area contributed by atoms with Gasteiger partial charge in [-0.15, -0.1) is 0 Å². The van der Waals surface area contributed by atoms with Crippen molar-refractivity contribution in [2.24, 2.45) is 0 Å². The molecular weight excluding hydrogens is 310 g/mol. The highest BCUT2D eigenvalue weighted by molar-refractivity contribution is 7.89. The van der Waals surface area contributed by atoms with E-state index in [1.165, 1.54) is 0 Å². The normalized spacial score (nSPS) is 11.6. The molecule has 0 saturated heterocycles. The maximum atomic E-state index is 12.0. The minimum absolute atomic E-state index is 0.358. The lowest BCUT2D eigenvalue weighted by molar-refractivity contribution is -0.119. The molecule has 0 radical (unpaired) electrons. The van der Waals surface area contributed by atoms with Crippen molar-refractivity contribution >= 4 is 27.0 Å². The molecular formula is C13H15N3O5S. The summed E-state index contributed by atoms with van der Waals surface area (Å²) in [5, 5.41) is 0. The largest absolute Gasteiger partial charge is 0.317 e. The van der Waals surface area contributed by atoms with E-state index in [2.05, 4.69) is 4.98 Å². The van der Waals surface area contributed by atoms with Crippen LogP contribution in [0.15, 0.2) is 21.7 Å². The van der Waals surface area contributed by atoms with Gasteiger partial charge in [0, 0.05) is 0 Å². The van der Waals surface area contributed by atoms with Gasteiger partial charge in [-0.2, -0.15) is 0 Å². The summed E-state index contributed by atoms with van der Waals surface area (Å²) in [6.07, 6.45) is 0.830. The van der Waals surface area contributed by atoms with Crippen molar-refractivity contribution < 1.29 is 13.2 Å². The van der Waals surface area contributed by atoms with Crippen LogP contribution in [0.1, 0.15) is 11.1 Å². The standard InChI is InChI=1S/C13H15N3O5S/c1-7-4-9-10(5-8(7)2)16(13(19)12(18)14-9)6-11(17)15-22(3,20)21/h4-5H,6H2,1-3H3,(H,14,18)(H,15,17). The van der Waals surface area contributed by atoms with Crippen molar-refractivity contribution in [2.75, 3.05) is 6.26 Å². The Balaban J connectivity index is 2.64. The van der Waals surface area contributed by atoms with Gasteiger partial charge in [-0.25, -0.2) is 8.42 Å². The monoisotopic (exact) mass is 325 g/mol. The zero-order chi connectivity index (χ0) is 16.7. The van der Waals surface area contributed by atoms with E-state index < -0.39 is 33.6 Å². The molecule has 0 atom stereocenters. The maximum Gasteiger partial charge on any atom is 0.317 e. The zero-order valence-corrected chi connectivity index (χ0v) is 13.1. The lowest BCUT2D eigenvalue weighted by atomic mass is 10.1. The second-order valence-corrected chi connectivity index (χ2v) is 6.84. The van der Waals surface area contributed by atoms with Crippen LogP contribution in [-0.2, 0) is 21.4 Å². The van der Waals surface area contributed by atoms with Gasteiger partial charge in [-0.1, -0.05) is 0 Å². The predicted molar refractivity (Wildman–Crippen MR) is 81.3 cm³/mol. The molecule has 1 aromatic carbocycles. The summed E-state index contributed by atoms with van der Waals surface area (Å²) in [5.41, 5.74) is 0.753. The van der Waals surface area contributed by atoms with Crippen molar-refractivity contribution in [1.29, 1.82) is 0 Å². The Hall–Kier alpha value is -2.42. The molecule has 0 saturated carbocycles. The van der Waals surface area contributed by atoms with Crippen LogP contribution < -0.4 is 15.8 Å². The Morgan fingerprint density at radius 1 is 1.23 bits per heavy atom. The number of hydrogen-bond donors (Lipinski definition) is 2. The number of fused-ring (bicyclic) bond motifs is 1. The summed E-state index contributed by atoms with van der Waals surface area (Å²) in [4.78, 5) is 37.8. The molecule has 0 spiro atoms. The Morgan fingerprint density at radius 2 is 1.82 bits per heavy atom. The number of carbonyl (C=O) groups is 1. The molecule has 9 heteroatoms. The van der Waals surface area contributed by atoms with Gasteiger partial charge < -0.3 is 4.98 Å². The third-order valence-corrected chi connectivity index (χ3v) is 3.79. The lowest BCUT2D eigenvalue weighted by Crippen LogP contribution is -2.41. The van der Waals surface area contributed by atoms with Gasteiger partial charge in [0.15, 0.2) is 0 Å². The first kappa shape index (κ1) is 16.0. The Morgan fingerprint density at radius 3 is 2.41 bits per heavy atom. The van der Waals surface area contributed by atoms with E-state index in [0.29, 0.717) is 11.0 Å². The Bertz CT molecular complexity index is 985. The second-order valence-electron chi connectivity index (χ2n) is 5.10. The highest BCUT2D eigenvalue weighted by atomic mass is 32.2. The van der Waals surface area contributed by atoms with Crippen LogP contribution in [0.3, 0.4) is 0 Å².